The third-order valence-corrected chi connectivity index (χ3v) is 6.33. The number of rotatable bonds is 15. The van der Waals surface area contributed by atoms with Gasteiger partial charge in [0.1, 0.15) is 18.1 Å². The fraction of sp³-hybridized carbons (Fsp3) is 0.760. The fourth-order valence-electron chi connectivity index (χ4n) is 4.09. The Morgan fingerprint density at radius 1 is 1.07 bits per heavy atom. The molecule has 41 heavy (non-hydrogen) atoms. The summed E-state index contributed by atoms with van der Waals surface area (Å²) in [5.41, 5.74) is 0. The Hall–Kier alpha value is -3.43. The molecule has 0 aromatic heterocycles. The van der Waals surface area contributed by atoms with Crippen molar-refractivity contribution in [2.24, 2.45) is 11.8 Å². The molecule has 1 unspecified atom stereocenters. The van der Waals surface area contributed by atoms with Crippen LogP contribution in [0.1, 0.15) is 65.7 Å². The van der Waals surface area contributed by atoms with Crippen LogP contribution in [0.3, 0.4) is 0 Å². The first kappa shape index (κ1) is 37.6. The summed E-state index contributed by atoms with van der Waals surface area (Å²) in [5, 5.41) is 34.1. The van der Waals surface area contributed by atoms with Crippen molar-refractivity contribution in [3.8, 4) is 0 Å². The van der Waals surface area contributed by atoms with E-state index in [4.69, 9.17) is 15.0 Å². The van der Waals surface area contributed by atoms with Crippen molar-refractivity contribution in [1.82, 2.24) is 15.5 Å². The van der Waals surface area contributed by atoms with Crippen LogP contribution in [0.25, 0.3) is 0 Å². The van der Waals surface area contributed by atoms with Crippen LogP contribution in [0, 0.1) is 11.8 Å². The summed E-state index contributed by atoms with van der Waals surface area (Å²) in [6, 6.07) is -2.67. The van der Waals surface area contributed by atoms with Crippen molar-refractivity contribution in [2.75, 3.05) is 26.2 Å². The van der Waals surface area contributed by atoms with Gasteiger partial charge < -0.3 is 41.0 Å². The van der Waals surface area contributed by atoms with Crippen molar-refractivity contribution in [3.05, 3.63) is 0 Å². The monoisotopic (exact) mass is 598 g/mol. The molecule has 1 heterocycles. The molecule has 1 rings (SSSR count). The van der Waals surface area contributed by atoms with E-state index in [9.17, 15) is 42.3 Å². The van der Waals surface area contributed by atoms with Gasteiger partial charge in [0, 0.05) is 18.9 Å². The van der Waals surface area contributed by atoms with Crippen molar-refractivity contribution < 1.29 is 62.6 Å². The fourth-order valence-corrected chi connectivity index (χ4v) is 4.09. The summed E-state index contributed by atoms with van der Waals surface area (Å²) in [6.45, 7) is 7.27. The topological polar surface area (TPSA) is 210 Å². The molecule has 3 atom stereocenters. The highest BCUT2D eigenvalue weighted by Gasteiger charge is 2.31. The molecular formula is C25H41F3N4O9. The molecule has 1 aliphatic heterocycles. The van der Waals surface area contributed by atoms with Gasteiger partial charge in [-0.2, -0.15) is 13.2 Å². The number of carboxylic acid groups (broad SMARTS) is 3. The number of unbranched alkanes of at least 4 members (excludes halogenated alkanes) is 1. The standard InChI is InChI=1S/C23H40N4O7.C2HF3O2/c1-4-27(19(29)10-6-5-8-16-9-7-11-24-13-16)14-18(28)25-17(12-20(30)31)22(32)26-21(15(2)3)23(33)34;3-2(4,5)1(6)7/h15-17,21,24H,4-14H2,1-3H3,(H,25,28)(H,26,32)(H,30,31)(H,33,34);(H,6,7)/t16?,17-,21-;/m0./s1. The number of aliphatic carboxylic acids is 3. The SMILES string of the molecule is CCN(CC(=O)N[C@@H](CC(=O)O)C(=O)N[C@H](C(=O)O)C(C)C)C(=O)CCCCC1CCC[NH2+]C1.O=C([O-])C(F)(F)F. The first-order chi connectivity index (χ1) is 19.0. The number of carbonyl (C=O) groups is 6. The predicted molar refractivity (Wildman–Crippen MR) is 135 cm³/mol. The van der Waals surface area contributed by atoms with E-state index in [1.807, 2.05) is 0 Å². The molecule has 0 spiro atoms. The Morgan fingerprint density at radius 3 is 2.12 bits per heavy atom. The number of carbonyl (C=O) groups excluding carboxylic acids is 4. The minimum Gasteiger partial charge on any atom is -0.542 e. The number of piperidine rings is 1. The number of amides is 3. The average Bonchev–Trinajstić information content (AvgIpc) is 2.87. The molecule has 3 amide bonds. The Morgan fingerprint density at radius 2 is 1.68 bits per heavy atom. The maximum Gasteiger partial charge on any atom is 0.430 e. The highest BCUT2D eigenvalue weighted by atomic mass is 19.4. The number of quaternary nitrogens is 1. The second kappa shape index (κ2) is 18.8. The van der Waals surface area contributed by atoms with E-state index in [2.05, 4.69) is 16.0 Å². The zero-order valence-electron chi connectivity index (χ0n) is 23.5. The summed E-state index contributed by atoms with van der Waals surface area (Å²) >= 11 is 0. The molecule has 0 aromatic rings. The van der Waals surface area contributed by atoms with E-state index >= 15 is 0 Å². The van der Waals surface area contributed by atoms with Crippen LogP contribution in [-0.4, -0.2) is 95.2 Å². The highest BCUT2D eigenvalue weighted by Crippen LogP contribution is 2.16. The van der Waals surface area contributed by atoms with Gasteiger partial charge in [0.25, 0.3) is 0 Å². The number of alkyl halides is 3. The van der Waals surface area contributed by atoms with E-state index in [1.54, 1.807) is 20.8 Å². The van der Waals surface area contributed by atoms with Crippen LogP contribution in [0.5, 0.6) is 0 Å². The van der Waals surface area contributed by atoms with Crippen LogP contribution in [0.4, 0.5) is 13.2 Å². The highest BCUT2D eigenvalue weighted by molar-refractivity contribution is 5.94. The van der Waals surface area contributed by atoms with Crippen LogP contribution in [0.15, 0.2) is 0 Å². The van der Waals surface area contributed by atoms with Gasteiger partial charge in [0.05, 0.1) is 26.1 Å². The lowest BCUT2D eigenvalue weighted by atomic mass is 9.93. The van der Waals surface area contributed by atoms with Gasteiger partial charge >= 0.3 is 18.1 Å². The number of hydrogen-bond acceptors (Lipinski definition) is 7. The molecule has 1 aliphatic rings. The summed E-state index contributed by atoms with van der Waals surface area (Å²) in [4.78, 5) is 70.2. The quantitative estimate of drug-likeness (QED) is 0.144. The second-order valence-corrected chi connectivity index (χ2v) is 10.0. The number of nitrogens with one attached hydrogen (secondary N) is 2. The van der Waals surface area contributed by atoms with Gasteiger partial charge in [-0.05, 0) is 38.5 Å². The summed E-state index contributed by atoms with van der Waals surface area (Å²) in [6.07, 6.45) is -0.320. The van der Waals surface area contributed by atoms with Gasteiger partial charge in [0.15, 0.2) is 0 Å². The summed E-state index contributed by atoms with van der Waals surface area (Å²) in [7, 11) is 0. The third kappa shape index (κ3) is 16.4. The molecule has 0 aromatic carbocycles. The van der Waals surface area contributed by atoms with Crippen LogP contribution in [-0.2, 0) is 28.8 Å². The lowest BCUT2D eigenvalue weighted by molar-refractivity contribution is -0.669. The minimum absolute atomic E-state index is 0.169. The number of carboxylic acids is 3. The average molecular weight is 599 g/mol. The molecule has 0 saturated carbocycles. The number of nitrogens with zero attached hydrogens (tertiary/aromatic N) is 1. The number of hydrogen-bond donors (Lipinski definition) is 5. The molecule has 1 fully saturated rings. The lowest BCUT2D eigenvalue weighted by Gasteiger charge is -2.24. The molecule has 1 saturated heterocycles. The van der Waals surface area contributed by atoms with Gasteiger partial charge in [-0.15, -0.1) is 0 Å². The molecule has 16 heteroatoms. The number of likely N-dealkylation sites (N-methyl/N-ethyl adjacent to an activating group) is 1. The van der Waals surface area contributed by atoms with Crippen LogP contribution >= 0.6 is 0 Å². The summed E-state index contributed by atoms with van der Waals surface area (Å²) in [5.74, 6) is -7.07. The van der Waals surface area contributed by atoms with E-state index in [-0.39, 0.29) is 12.5 Å². The van der Waals surface area contributed by atoms with E-state index < -0.39 is 60.3 Å². The largest absolute Gasteiger partial charge is 0.542 e. The van der Waals surface area contributed by atoms with Gasteiger partial charge in [0.2, 0.25) is 17.7 Å². The maximum absolute atomic E-state index is 12.6. The normalized spacial score (nSPS) is 16.4. The first-order valence-corrected chi connectivity index (χ1v) is 13.4. The van der Waals surface area contributed by atoms with Crippen molar-refractivity contribution in [1.29, 1.82) is 0 Å². The van der Waals surface area contributed by atoms with E-state index in [0.29, 0.717) is 18.9 Å². The smallest absolute Gasteiger partial charge is 0.430 e. The van der Waals surface area contributed by atoms with Crippen molar-refractivity contribution in [3.63, 3.8) is 0 Å². The number of halogens is 3. The maximum atomic E-state index is 12.6. The lowest BCUT2D eigenvalue weighted by Crippen LogP contribution is -2.87. The zero-order valence-corrected chi connectivity index (χ0v) is 23.5. The Bertz CT molecular complexity index is 894. The van der Waals surface area contributed by atoms with Crippen LogP contribution < -0.4 is 21.1 Å². The van der Waals surface area contributed by atoms with Gasteiger partial charge in [-0.1, -0.05) is 20.3 Å². The second-order valence-electron chi connectivity index (χ2n) is 10.0. The molecule has 0 aliphatic carbocycles. The number of nitrogens with two attached hydrogens (primary N) is 1. The minimum atomic E-state index is -5.19. The summed E-state index contributed by atoms with van der Waals surface area (Å²) < 4.78 is 31.5. The van der Waals surface area contributed by atoms with Crippen molar-refractivity contribution >= 4 is 35.6 Å². The Kier molecular flexibility index (Phi) is 17.3. The molecule has 0 radical (unpaired) electrons. The van der Waals surface area contributed by atoms with Gasteiger partial charge in [-0.25, -0.2) is 4.79 Å². The molecular weight excluding hydrogens is 557 g/mol. The van der Waals surface area contributed by atoms with E-state index in [1.165, 1.54) is 24.3 Å². The third-order valence-electron chi connectivity index (χ3n) is 6.33. The Labute approximate surface area is 236 Å². The van der Waals surface area contributed by atoms with Crippen LogP contribution in [0.2, 0.25) is 0 Å². The molecule has 236 valence electrons. The molecule has 13 nitrogen and oxygen atoms in total. The van der Waals surface area contributed by atoms with E-state index in [0.717, 1.165) is 25.8 Å². The molecule has 6 N–H and O–H groups in total. The predicted octanol–water partition coefficient (Wildman–Crippen LogP) is -1.15. The zero-order chi connectivity index (χ0) is 31.8. The first-order valence-electron chi connectivity index (χ1n) is 13.4. The van der Waals surface area contributed by atoms with Crippen molar-refractivity contribution in [2.45, 2.75) is 84.0 Å². The van der Waals surface area contributed by atoms with Gasteiger partial charge in [-0.3, -0.25) is 19.2 Å². The molecule has 0 bridgehead atoms. The Balaban J connectivity index is 0.00000201.